The molecule has 2 aromatic rings. The highest BCUT2D eigenvalue weighted by Gasteiger charge is 2.17. The molecule has 2 aromatic carbocycles. The predicted octanol–water partition coefficient (Wildman–Crippen LogP) is 2.10. The number of carbonyl (C=O) groups is 1. The van der Waals surface area contributed by atoms with Gasteiger partial charge in [0.05, 0.1) is 23.0 Å². The molecule has 2 N–H and O–H groups in total. The molecule has 0 aliphatic carbocycles. The number of hydrogen-bond acceptors (Lipinski definition) is 7. The van der Waals surface area contributed by atoms with Crippen LogP contribution in [0.5, 0.6) is 11.5 Å². The summed E-state index contributed by atoms with van der Waals surface area (Å²) in [5, 5.41) is 13.4. The fourth-order valence-electron chi connectivity index (χ4n) is 2.47. The van der Waals surface area contributed by atoms with Gasteiger partial charge >= 0.3 is 0 Å². The maximum absolute atomic E-state index is 12.3. The van der Waals surface area contributed by atoms with Crippen LogP contribution in [-0.4, -0.2) is 45.6 Å². The van der Waals surface area contributed by atoms with Crippen molar-refractivity contribution in [3.05, 3.63) is 58.1 Å². The number of nitro groups is 1. The minimum Gasteiger partial charge on any atom is -0.493 e. The molecule has 162 valence electrons. The van der Waals surface area contributed by atoms with Crippen LogP contribution in [0.1, 0.15) is 24.2 Å². The second-order valence-corrected chi connectivity index (χ2v) is 8.21. The molecule has 0 aromatic heterocycles. The fourth-order valence-corrected chi connectivity index (χ4v) is 3.54. The molecule has 0 fully saturated rings. The van der Waals surface area contributed by atoms with Gasteiger partial charge in [-0.3, -0.25) is 14.9 Å². The molecule has 0 saturated carbocycles. The Morgan fingerprint density at radius 1 is 1.13 bits per heavy atom. The number of benzene rings is 2. The van der Waals surface area contributed by atoms with Crippen LogP contribution >= 0.6 is 0 Å². The van der Waals surface area contributed by atoms with Crippen molar-refractivity contribution in [2.75, 3.05) is 20.2 Å². The number of carbonyl (C=O) groups excluding carboxylic acids is 1. The fraction of sp³-hybridized carbons (Fsp3) is 0.316. The van der Waals surface area contributed by atoms with Crippen molar-refractivity contribution in [1.29, 1.82) is 0 Å². The molecular formula is C19H23N3O7S. The van der Waals surface area contributed by atoms with Crippen LogP contribution in [0.4, 0.5) is 5.69 Å². The number of nitro benzene ring substituents is 1. The Labute approximate surface area is 174 Å². The Hall–Kier alpha value is -3.18. The number of rotatable bonds is 10. The number of methoxy groups -OCH3 is 1. The lowest BCUT2D eigenvalue weighted by Crippen LogP contribution is -2.34. The van der Waals surface area contributed by atoms with E-state index in [4.69, 9.17) is 9.47 Å². The van der Waals surface area contributed by atoms with E-state index in [1.54, 1.807) is 12.1 Å². The van der Waals surface area contributed by atoms with Crippen molar-refractivity contribution in [2.45, 2.75) is 24.8 Å². The normalized spacial score (nSPS) is 11.2. The monoisotopic (exact) mass is 437 g/mol. The van der Waals surface area contributed by atoms with Crippen molar-refractivity contribution < 1.29 is 27.6 Å². The van der Waals surface area contributed by atoms with Crippen LogP contribution in [0.2, 0.25) is 0 Å². The maximum Gasteiger partial charge on any atom is 0.270 e. The molecule has 0 atom stereocenters. The Morgan fingerprint density at radius 3 is 2.50 bits per heavy atom. The standard InChI is InChI=1S/C19H23N3O7S/c1-13(2)29-17-8-7-14(11-18(17)28-3)19(23)20-9-10-21-30(26,27)16-6-4-5-15(12-16)22(24)25/h4-8,11-13,21H,9-10H2,1-3H3,(H,20,23). The van der Waals surface area contributed by atoms with E-state index in [0.717, 1.165) is 6.07 Å². The first-order chi connectivity index (χ1) is 14.1. The van der Waals surface area contributed by atoms with Crippen LogP contribution in [0.3, 0.4) is 0 Å². The molecule has 1 amide bonds. The van der Waals surface area contributed by atoms with E-state index in [0.29, 0.717) is 17.1 Å². The van der Waals surface area contributed by atoms with Gasteiger partial charge in [-0.05, 0) is 38.1 Å². The molecule has 0 aliphatic heterocycles. The summed E-state index contributed by atoms with van der Waals surface area (Å²) in [6.45, 7) is 3.66. The zero-order valence-corrected chi connectivity index (χ0v) is 17.6. The smallest absolute Gasteiger partial charge is 0.270 e. The van der Waals surface area contributed by atoms with Crippen LogP contribution in [-0.2, 0) is 10.0 Å². The maximum atomic E-state index is 12.3. The van der Waals surface area contributed by atoms with E-state index in [1.165, 1.54) is 31.4 Å². The SMILES string of the molecule is COc1cc(C(=O)NCCNS(=O)(=O)c2cccc([N+](=O)[O-])c2)ccc1OC(C)C. The second-order valence-electron chi connectivity index (χ2n) is 6.44. The van der Waals surface area contributed by atoms with Crippen molar-refractivity contribution in [1.82, 2.24) is 10.0 Å². The molecule has 0 heterocycles. The molecular weight excluding hydrogens is 414 g/mol. The van der Waals surface area contributed by atoms with E-state index in [-0.39, 0.29) is 29.8 Å². The summed E-state index contributed by atoms with van der Waals surface area (Å²) in [4.78, 5) is 22.2. The van der Waals surface area contributed by atoms with Crippen LogP contribution in [0.15, 0.2) is 47.4 Å². The van der Waals surface area contributed by atoms with Gasteiger partial charge in [0.25, 0.3) is 11.6 Å². The molecule has 0 saturated heterocycles. The van der Waals surface area contributed by atoms with E-state index in [1.807, 2.05) is 13.8 Å². The van der Waals surface area contributed by atoms with Crippen molar-refractivity contribution in [2.24, 2.45) is 0 Å². The van der Waals surface area contributed by atoms with E-state index < -0.39 is 20.9 Å². The van der Waals surface area contributed by atoms with Gasteiger partial charge in [-0.2, -0.15) is 0 Å². The van der Waals surface area contributed by atoms with Gasteiger partial charge in [-0.1, -0.05) is 6.07 Å². The summed E-state index contributed by atoms with van der Waals surface area (Å²) in [5.41, 5.74) is -0.00508. The van der Waals surface area contributed by atoms with Gasteiger partial charge in [0.15, 0.2) is 11.5 Å². The van der Waals surface area contributed by atoms with Gasteiger partial charge in [0, 0.05) is 30.8 Å². The molecule has 2 rings (SSSR count). The van der Waals surface area contributed by atoms with Crippen molar-refractivity contribution in [3.63, 3.8) is 0 Å². The van der Waals surface area contributed by atoms with Gasteiger partial charge in [-0.15, -0.1) is 0 Å². The Kier molecular flexibility index (Phi) is 7.72. The topological polar surface area (TPSA) is 137 Å². The van der Waals surface area contributed by atoms with Crippen molar-refractivity contribution >= 4 is 21.6 Å². The van der Waals surface area contributed by atoms with Crippen LogP contribution in [0, 0.1) is 10.1 Å². The van der Waals surface area contributed by atoms with Gasteiger partial charge in [0.2, 0.25) is 10.0 Å². The summed E-state index contributed by atoms with van der Waals surface area (Å²) in [6.07, 6.45) is -0.0577. The lowest BCUT2D eigenvalue weighted by Gasteiger charge is -2.14. The zero-order chi connectivity index (χ0) is 22.3. The number of nitrogens with zero attached hydrogens (tertiary/aromatic N) is 1. The minimum absolute atomic E-state index is 0.0134. The highest BCUT2D eigenvalue weighted by atomic mass is 32.2. The third kappa shape index (κ3) is 6.16. The van der Waals surface area contributed by atoms with Crippen LogP contribution < -0.4 is 19.5 Å². The van der Waals surface area contributed by atoms with Gasteiger partial charge < -0.3 is 14.8 Å². The van der Waals surface area contributed by atoms with E-state index in [9.17, 15) is 23.3 Å². The number of nitrogens with one attached hydrogen (secondary N) is 2. The minimum atomic E-state index is -3.95. The van der Waals surface area contributed by atoms with Gasteiger partial charge in [-0.25, -0.2) is 13.1 Å². The summed E-state index contributed by atoms with van der Waals surface area (Å²) < 4.78 is 37.6. The highest BCUT2D eigenvalue weighted by molar-refractivity contribution is 7.89. The third-order valence-electron chi connectivity index (χ3n) is 3.83. The van der Waals surface area contributed by atoms with E-state index in [2.05, 4.69) is 10.0 Å². The highest BCUT2D eigenvalue weighted by Crippen LogP contribution is 2.28. The summed E-state index contributed by atoms with van der Waals surface area (Å²) in [7, 11) is -2.48. The van der Waals surface area contributed by atoms with E-state index >= 15 is 0 Å². The van der Waals surface area contributed by atoms with Crippen molar-refractivity contribution in [3.8, 4) is 11.5 Å². The number of hydrogen-bond donors (Lipinski definition) is 2. The number of sulfonamides is 1. The Balaban J connectivity index is 1.94. The molecule has 0 radical (unpaired) electrons. The first-order valence-electron chi connectivity index (χ1n) is 9.01. The average molecular weight is 437 g/mol. The number of non-ortho nitro benzene ring substituents is 1. The molecule has 0 spiro atoms. The molecule has 0 unspecified atom stereocenters. The summed E-state index contributed by atoms with van der Waals surface area (Å²) in [6, 6.07) is 9.43. The summed E-state index contributed by atoms with van der Waals surface area (Å²) >= 11 is 0. The quantitative estimate of drug-likeness (QED) is 0.330. The van der Waals surface area contributed by atoms with Gasteiger partial charge in [0.1, 0.15) is 0 Å². The molecule has 11 heteroatoms. The first kappa shape index (κ1) is 23.1. The predicted molar refractivity (Wildman–Crippen MR) is 109 cm³/mol. The molecule has 30 heavy (non-hydrogen) atoms. The van der Waals surface area contributed by atoms with Crippen LogP contribution in [0.25, 0.3) is 0 Å². The molecule has 0 bridgehead atoms. The Bertz CT molecular complexity index is 1020. The summed E-state index contributed by atoms with van der Waals surface area (Å²) in [5.74, 6) is 0.496. The molecule has 0 aliphatic rings. The number of ether oxygens (including phenoxy) is 2. The lowest BCUT2D eigenvalue weighted by atomic mass is 10.2. The number of amides is 1. The Morgan fingerprint density at radius 2 is 1.87 bits per heavy atom. The zero-order valence-electron chi connectivity index (χ0n) is 16.7. The average Bonchev–Trinajstić information content (AvgIpc) is 2.71. The second kappa shape index (κ2) is 10.0. The molecule has 10 nitrogen and oxygen atoms in total. The lowest BCUT2D eigenvalue weighted by molar-refractivity contribution is -0.385. The first-order valence-corrected chi connectivity index (χ1v) is 10.5. The largest absolute Gasteiger partial charge is 0.493 e. The third-order valence-corrected chi connectivity index (χ3v) is 5.29.